The second-order valence-corrected chi connectivity index (χ2v) is 9.14. The molecule has 2 aliphatic rings. The molecule has 0 N–H and O–H groups in total. The van der Waals surface area contributed by atoms with Crippen LogP contribution in [0.1, 0.15) is 47.4 Å². The molecule has 4 rings (SSSR count). The van der Waals surface area contributed by atoms with Gasteiger partial charge in [-0.2, -0.15) is 26.3 Å². The third kappa shape index (κ3) is 5.18. The van der Waals surface area contributed by atoms with Crippen LogP contribution in [0.4, 0.5) is 32.0 Å². The zero-order chi connectivity index (χ0) is 24.7. The molecule has 0 aromatic heterocycles. The number of nitrogens with zero attached hydrogens (tertiary/aromatic N) is 2. The van der Waals surface area contributed by atoms with E-state index in [1.165, 1.54) is 24.3 Å². The summed E-state index contributed by atoms with van der Waals surface area (Å²) in [5.41, 5.74) is 0.726. The first-order valence-electron chi connectivity index (χ1n) is 11.3. The summed E-state index contributed by atoms with van der Waals surface area (Å²) in [6.07, 6.45) is -6.77. The first-order chi connectivity index (χ1) is 15.9. The minimum absolute atomic E-state index is 0.0230. The van der Waals surface area contributed by atoms with Crippen LogP contribution in [0.3, 0.4) is 0 Å². The summed E-state index contributed by atoms with van der Waals surface area (Å²) in [6, 6.07) is 8.87. The molecule has 0 bridgehead atoms. The molecule has 2 fully saturated rings. The summed E-state index contributed by atoms with van der Waals surface area (Å²) in [5, 5.41) is 0. The number of alkyl halides is 6. The molecule has 2 aromatic rings. The van der Waals surface area contributed by atoms with E-state index < -0.39 is 23.5 Å². The smallest absolute Gasteiger partial charge is 0.368 e. The van der Waals surface area contributed by atoms with E-state index >= 15 is 0 Å². The Kier molecular flexibility index (Phi) is 6.57. The Balaban J connectivity index is 1.35. The molecule has 9 heteroatoms. The Bertz CT molecular complexity index is 1020. The summed E-state index contributed by atoms with van der Waals surface area (Å²) in [5.74, 6) is -0.116. The van der Waals surface area contributed by atoms with Crippen LogP contribution in [0.2, 0.25) is 0 Å². The maximum Gasteiger partial charge on any atom is 0.416 e. The quantitative estimate of drug-likeness (QED) is 0.480. The Hall–Kier alpha value is -2.71. The topological polar surface area (TPSA) is 23.6 Å². The standard InChI is InChI=1S/C25H26F6N2O/c1-16-2-7-21(25(29,30)31)15-22(16)32-10-12-33(13-11-32)23(34)19-4-3-18(14-19)17-5-8-20(9-6-17)24(26,27)28/h2,5-9,15,18-19H,3-4,10-14H2,1H3. The monoisotopic (exact) mass is 484 g/mol. The van der Waals surface area contributed by atoms with Gasteiger partial charge in [-0.3, -0.25) is 4.79 Å². The second kappa shape index (κ2) is 9.15. The Morgan fingerprint density at radius 3 is 2.00 bits per heavy atom. The zero-order valence-corrected chi connectivity index (χ0v) is 18.7. The van der Waals surface area contributed by atoms with Gasteiger partial charge in [0.2, 0.25) is 5.91 Å². The van der Waals surface area contributed by atoms with Crippen LogP contribution in [0, 0.1) is 12.8 Å². The number of halogens is 6. The highest BCUT2D eigenvalue weighted by Gasteiger charge is 2.36. The average Bonchev–Trinajstić information content (AvgIpc) is 3.28. The molecule has 3 nitrogen and oxygen atoms in total. The molecule has 2 unspecified atom stereocenters. The summed E-state index contributed by atoms with van der Waals surface area (Å²) in [6.45, 7) is 3.52. The van der Waals surface area contributed by atoms with E-state index in [4.69, 9.17) is 0 Å². The molecule has 1 amide bonds. The van der Waals surface area contributed by atoms with Crippen LogP contribution in [-0.2, 0) is 17.1 Å². The van der Waals surface area contributed by atoms with Gasteiger partial charge < -0.3 is 9.80 Å². The zero-order valence-electron chi connectivity index (χ0n) is 18.7. The van der Waals surface area contributed by atoms with Gasteiger partial charge in [-0.1, -0.05) is 18.2 Å². The molecule has 1 aliphatic carbocycles. The van der Waals surface area contributed by atoms with Crippen molar-refractivity contribution < 1.29 is 31.1 Å². The van der Waals surface area contributed by atoms with E-state index in [2.05, 4.69) is 0 Å². The molecular formula is C25H26F6N2O. The number of piperazine rings is 1. The molecule has 1 heterocycles. The SMILES string of the molecule is Cc1ccc(C(F)(F)F)cc1N1CCN(C(=O)C2CCC(c3ccc(C(F)(F)F)cc3)C2)CC1. The molecule has 184 valence electrons. The minimum atomic E-state index is -4.41. The highest BCUT2D eigenvalue weighted by atomic mass is 19.4. The summed E-state index contributed by atoms with van der Waals surface area (Å²) in [7, 11) is 0. The fraction of sp³-hybridized carbons (Fsp3) is 0.480. The maximum atomic E-state index is 13.1. The van der Waals surface area contributed by atoms with E-state index in [-0.39, 0.29) is 17.7 Å². The van der Waals surface area contributed by atoms with Gasteiger partial charge in [-0.25, -0.2) is 0 Å². The first kappa shape index (κ1) is 24.4. The van der Waals surface area contributed by atoms with Gasteiger partial charge in [0.1, 0.15) is 0 Å². The van der Waals surface area contributed by atoms with E-state index in [9.17, 15) is 31.1 Å². The highest BCUT2D eigenvalue weighted by molar-refractivity contribution is 5.79. The Morgan fingerprint density at radius 1 is 0.824 bits per heavy atom. The predicted octanol–water partition coefficient (Wildman–Crippen LogP) is 6.27. The van der Waals surface area contributed by atoms with E-state index in [0.29, 0.717) is 44.7 Å². The molecule has 2 aromatic carbocycles. The number of benzene rings is 2. The fourth-order valence-electron chi connectivity index (χ4n) is 5.01. The van der Waals surface area contributed by atoms with Gasteiger partial charge >= 0.3 is 12.4 Å². The van der Waals surface area contributed by atoms with Crippen molar-refractivity contribution in [2.75, 3.05) is 31.1 Å². The van der Waals surface area contributed by atoms with Crippen molar-refractivity contribution in [3.05, 3.63) is 64.7 Å². The van der Waals surface area contributed by atoms with Crippen molar-refractivity contribution >= 4 is 11.6 Å². The number of hydrogen-bond donors (Lipinski definition) is 0. The van der Waals surface area contributed by atoms with E-state index in [0.717, 1.165) is 35.7 Å². The molecule has 1 saturated carbocycles. The molecule has 2 atom stereocenters. The van der Waals surface area contributed by atoms with Gasteiger partial charge in [0.25, 0.3) is 0 Å². The molecular weight excluding hydrogens is 458 g/mol. The number of amides is 1. The molecule has 0 radical (unpaired) electrons. The lowest BCUT2D eigenvalue weighted by Crippen LogP contribution is -2.50. The number of rotatable bonds is 3. The second-order valence-electron chi connectivity index (χ2n) is 9.14. The lowest BCUT2D eigenvalue weighted by molar-refractivity contribution is -0.138. The van der Waals surface area contributed by atoms with Crippen molar-refractivity contribution in [1.29, 1.82) is 0 Å². The Labute approximate surface area is 194 Å². The van der Waals surface area contributed by atoms with Crippen LogP contribution >= 0.6 is 0 Å². The summed E-state index contributed by atoms with van der Waals surface area (Å²) >= 11 is 0. The van der Waals surface area contributed by atoms with Crippen molar-refractivity contribution in [3.63, 3.8) is 0 Å². The van der Waals surface area contributed by atoms with Crippen LogP contribution in [0.5, 0.6) is 0 Å². The largest absolute Gasteiger partial charge is 0.416 e. The van der Waals surface area contributed by atoms with Crippen molar-refractivity contribution in [2.24, 2.45) is 5.92 Å². The van der Waals surface area contributed by atoms with Gasteiger partial charge in [0.15, 0.2) is 0 Å². The predicted molar refractivity (Wildman–Crippen MR) is 117 cm³/mol. The van der Waals surface area contributed by atoms with E-state index in [1.54, 1.807) is 11.8 Å². The number of anilines is 1. The molecule has 1 saturated heterocycles. The normalized spacial score (nSPS) is 21.7. The third-order valence-electron chi connectivity index (χ3n) is 6.96. The molecule has 34 heavy (non-hydrogen) atoms. The van der Waals surface area contributed by atoms with Gasteiger partial charge in [0.05, 0.1) is 11.1 Å². The fourth-order valence-corrected chi connectivity index (χ4v) is 5.01. The molecule has 1 aliphatic heterocycles. The maximum absolute atomic E-state index is 13.1. The van der Waals surface area contributed by atoms with Crippen LogP contribution < -0.4 is 4.90 Å². The number of aryl methyl sites for hydroxylation is 1. The highest BCUT2D eigenvalue weighted by Crippen LogP contribution is 2.40. The lowest BCUT2D eigenvalue weighted by atomic mass is 9.95. The Morgan fingerprint density at radius 2 is 1.41 bits per heavy atom. The number of carbonyl (C=O) groups excluding carboxylic acids is 1. The lowest BCUT2D eigenvalue weighted by Gasteiger charge is -2.38. The van der Waals surface area contributed by atoms with Gasteiger partial charge in [-0.05, 0) is 67.5 Å². The van der Waals surface area contributed by atoms with Gasteiger partial charge in [0, 0.05) is 37.8 Å². The molecule has 0 spiro atoms. The van der Waals surface area contributed by atoms with Crippen LogP contribution in [0.15, 0.2) is 42.5 Å². The average molecular weight is 484 g/mol. The van der Waals surface area contributed by atoms with E-state index in [1.807, 2.05) is 4.90 Å². The third-order valence-corrected chi connectivity index (χ3v) is 6.96. The van der Waals surface area contributed by atoms with Gasteiger partial charge in [-0.15, -0.1) is 0 Å². The van der Waals surface area contributed by atoms with Crippen molar-refractivity contribution in [1.82, 2.24) is 4.90 Å². The summed E-state index contributed by atoms with van der Waals surface area (Å²) < 4.78 is 77.7. The number of carbonyl (C=O) groups is 1. The summed E-state index contributed by atoms with van der Waals surface area (Å²) in [4.78, 5) is 16.7. The first-order valence-corrected chi connectivity index (χ1v) is 11.3. The number of hydrogen-bond acceptors (Lipinski definition) is 2. The van der Waals surface area contributed by atoms with Crippen LogP contribution in [-0.4, -0.2) is 37.0 Å². The van der Waals surface area contributed by atoms with Crippen LogP contribution in [0.25, 0.3) is 0 Å². The minimum Gasteiger partial charge on any atom is -0.368 e. The van der Waals surface area contributed by atoms with Crippen molar-refractivity contribution in [2.45, 2.75) is 44.5 Å². The van der Waals surface area contributed by atoms with Crippen molar-refractivity contribution in [3.8, 4) is 0 Å².